The van der Waals surface area contributed by atoms with Gasteiger partial charge in [0, 0.05) is 27.7 Å². The highest BCUT2D eigenvalue weighted by Gasteiger charge is 2.50. The average Bonchev–Trinajstić information content (AvgIpc) is 3.18. The van der Waals surface area contributed by atoms with Gasteiger partial charge in [-0.25, -0.2) is 4.39 Å². The summed E-state index contributed by atoms with van der Waals surface area (Å²) in [5.74, 6) is 0.637. The third-order valence-corrected chi connectivity index (χ3v) is 7.36. The molecule has 1 spiro atoms. The van der Waals surface area contributed by atoms with Crippen molar-refractivity contribution in [2.45, 2.75) is 76.4 Å². The van der Waals surface area contributed by atoms with Crippen molar-refractivity contribution in [2.75, 3.05) is 13.2 Å². The fourth-order valence-corrected chi connectivity index (χ4v) is 5.62. The zero-order valence-electron chi connectivity index (χ0n) is 19.9. The van der Waals surface area contributed by atoms with Gasteiger partial charge in [-0.2, -0.15) is 0 Å². The van der Waals surface area contributed by atoms with Gasteiger partial charge in [0.25, 0.3) is 0 Å². The predicted molar refractivity (Wildman–Crippen MR) is 129 cm³/mol. The lowest BCUT2D eigenvalue weighted by Crippen LogP contribution is -2.46. The van der Waals surface area contributed by atoms with Gasteiger partial charge in [0.1, 0.15) is 11.6 Å². The van der Waals surface area contributed by atoms with Crippen molar-refractivity contribution in [3.8, 4) is 11.4 Å². The fourth-order valence-electron chi connectivity index (χ4n) is 5.62. The van der Waals surface area contributed by atoms with E-state index < -0.39 is 5.60 Å². The van der Waals surface area contributed by atoms with Crippen LogP contribution in [-0.4, -0.2) is 29.0 Å². The molecule has 1 aliphatic heterocycles. The molecule has 5 heteroatoms. The zero-order valence-corrected chi connectivity index (χ0v) is 19.9. The number of fused-ring (bicyclic) bond motifs is 4. The van der Waals surface area contributed by atoms with Crippen LogP contribution in [0.1, 0.15) is 70.6 Å². The molecule has 33 heavy (non-hydrogen) atoms. The van der Waals surface area contributed by atoms with E-state index in [4.69, 9.17) is 9.47 Å². The Kier molecular flexibility index (Phi) is 5.74. The molecule has 0 amide bonds. The number of hydrogen-bond donors (Lipinski definition) is 1. The van der Waals surface area contributed by atoms with Crippen molar-refractivity contribution < 1.29 is 19.0 Å². The van der Waals surface area contributed by atoms with Crippen LogP contribution in [0.4, 0.5) is 4.39 Å². The van der Waals surface area contributed by atoms with Crippen LogP contribution >= 0.6 is 0 Å². The smallest absolute Gasteiger partial charge is 0.129 e. The molecule has 3 aromatic rings. The van der Waals surface area contributed by atoms with Crippen molar-refractivity contribution in [2.24, 2.45) is 0 Å². The first kappa shape index (κ1) is 22.4. The van der Waals surface area contributed by atoms with Crippen molar-refractivity contribution in [3.63, 3.8) is 0 Å². The van der Waals surface area contributed by atoms with Gasteiger partial charge in [0.05, 0.1) is 30.4 Å². The van der Waals surface area contributed by atoms with Crippen molar-refractivity contribution in [3.05, 3.63) is 59.5 Å². The number of aliphatic hydroxyl groups is 1. The molecule has 2 heterocycles. The Morgan fingerprint density at radius 2 is 1.85 bits per heavy atom. The number of aliphatic hydroxyl groups excluding tert-OH is 1. The first-order valence-corrected chi connectivity index (χ1v) is 12.3. The normalized spacial score (nSPS) is 24.2. The number of ether oxygens (including phenoxy) is 2. The number of nitrogens with zero attached hydrogens (tertiary/aromatic N) is 1. The number of halogens is 1. The Bertz CT molecular complexity index is 1140. The highest BCUT2D eigenvalue weighted by molar-refractivity contribution is 5.94. The summed E-state index contributed by atoms with van der Waals surface area (Å²) in [6.07, 6.45) is 4.80. The minimum atomic E-state index is -0.447. The predicted octanol–water partition coefficient (Wildman–Crippen LogP) is 6.39. The largest absolute Gasteiger partial charge is 0.493 e. The molecule has 2 aromatic carbocycles. The quantitative estimate of drug-likeness (QED) is 0.457. The highest BCUT2D eigenvalue weighted by atomic mass is 19.1. The first-order valence-electron chi connectivity index (χ1n) is 12.3. The maximum absolute atomic E-state index is 13.8. The number of unbranched alkanes of at least 4 members (excludes halogenated alkanes) is 1. The van der Waals surface area contributed by atoms with Crippen LogP contribution in [0.15, 0.2) is 42.5 Å². The standard InChI is InChI=1S/C28H34FNO3/c1-4-5-17-32-23-8-6-7-22-24(23)25-26(30(22)20-11-9-19(29)10-12-20)27(2,3)18-33-28(25)15-13-21(31)14-16-28/h6-12,21,31H,4-5,13-18H2,1-3H3/t21-,28+. The Morgan fingerprint density at radius 1 is 1.12 bits per heavy atom. The Labute approximate surface area is 195 Å². The number of benzene rings is 2. The number of aromatic nitrogens is 1. The summed E-state index contributed by atoms with van der Waals surface area (Å²) in [5, 5.41) is 11.4. The van der Waals surface area contributed by atoms with Crippen LogP contribution in [0, 0.1) is 5.82 Å². The van der Waals surface area contributed by atoms with Crippen molar-refractivity contribution in [1.29, 1.82) is 0 Å². The summed E-state index contributed by atoms with van der Waals surface area (Å²) in [7, 11) is 0. The molecule has 176 valence electrons. The molecule has 1 N–H and O–H groups in total. The van der Waals surface area contributed by atoms with Crippen LogP contribution in [0.2, 0.25) is 0 Å². The van der Waals surface area contributed by atoms with E-state index in [2.05, 4.69) is 37.5 Å². The minimum absolute atomic E-state index is 0.243. The van der Waals surface area contributed by atoms with Gasteiger partial charge in [-0.1, -0.05) is 33.3 Å². The summed E-state index contributed by atoms with van der Waals surface area (Å²) < 4.78 is 29.2. The van der Waals surface area contributed by atoms with Gasteiger partial charge in [-0.15, -0.1) is 0 Å². The topological polar surface area (TPSA) is 43.6 Å². The third-order valence-electron chi connectivity index (χ3n) is 7.36. The monoisotopic (exact) mass is 451 g/mol. The van der Waals surface area contributed by atoms with E-state index in [9.17, 15) is 9.50 Å². The molecule has 5 rings (SSSR count). The van der Waals surface area contributed by atoms with E-state index in [-0.39, 0.29) is 17.3 Å². The van der Waals surface area contributed by atoms with Gasteiger partial charge >= 0.3 is 0 Å². The Hall–Kier alpha value is -2.37. The summed E-state index contributed by atoms with van der Waals surface area (Å²) in [5.41, 5.74) is 3.71. The van der Waals surface area contributed by atoms with Gasteiger partial charge in [0.2, 0.25) is 0 Å². The molecule has 1 fully saturated rings. The van der Waals surface area contributed by atoms with Crippen LogP contribution < -0.4 is 4.74 Å². The highest BCUT2D eigenvalue weighted by Crippen LogP contribution is 2.54. The zero-order chi connectivity index (χ0) is 23.2. The van der Waals surface area contributed by atoms with E-state index in [0.717, 1.165) is 60.9 Å². The molecule has 0 radical (unpaired) electrons. The molecule has 0 bridgehead atoms. The summed E-state index contributed by atoms with van der Waals surface area (Å²) in [4.78, 5) is 0. The first-order chi connectivity index (χ1) is 15.9. The summed E-state index contributed by atoms with van der Waals surface area (Å²) in [6.45, 7) is 7.86. The maximum Gasteiger partial charge on any atom is 0.129 e. The van der Waals surface area contributed by atoms with E-state index >= 15 is 0 Å². The minimum Gasteiger partial charge on any atom is -0.493 e. The SMILES string of the molecule is CCCCOc1cccc2c1c1c(n2-c2ccc(F)cc2)C(C)(C)CO[C@]12CC[C@@H](O)CC2. The molecular weight excluding hydrogens is 417 g/mol. The Balaban J connectivity index is 1.82. The molecule has 4 nitrogen and oxygen atoms in total. The average molecular weight is 452 g/mol. The van der Waals surface area contributed by atoms with Crippen molar-refractivity contribution >= 4 is 10.9 Å². The molecule has 0 saturated heterocycles. The van der Waals surface area contributed by atoms with Crippen LogP contribution in [0.5, 0.6) is 5.75 Å². The summed E-state index contributed by atoms with van der Waals surface area (Å²) in [6, 6.07) is 13.0. The third kappa shape index (κ3) is 3.75. The molecular formula is C28H34FNO3. The second-order valence-electron chi connectivity index (χ2n) is 10.3. The molecule has 1 aromatic heterocycles. The molecule has 2 aliphatic rings. The van der Waals surface area contributed by atoms with Crippen LogP contribution in [0.3, 0.4) is 0 Å². The van der Waals surface area contributed by atoms with Crippen molar-refractivity contribution in [1.82, 2.24) is 4.57 Å². The van der Waals surface area contributed by atoms with Gasteiger partial charge < -0.3 is 19.1 Å². The van der Waals surface area contributed by atoms with Crippen LogP contribution in [-0.2, 0) is 15.8 Å². The lowest BCUT2D eigenvalue weighted by atomic mass is 9.71. The molecule has 1 saturated carbocycles. The lowest BCUT2D eigenvalue weighted by Gasteiger charge is -2.47. The van der Waals surface area contributed by atoms with E-state index in [1.807, 2.05) is 18.2 Å². The molecule has 0 unspecified atom stereocenters. The maximum atomic E-state index is 13.8. The number of hydrogen-bond acceptors (Lipinski definition) is 3. The lowest BCUT2D eigenvalue weighted by molar-refractivity contribution is -0.120. The fraction of sp³-hybridized carbons (Fsp3) is 0.500. The second kappa shape index (κ2) is 8.44. The molecule has 0 atom stereocenters. The van der Waals surface area contributed by atoms with E-state index in [1.165, 1.54) is 23.4 Å². The summed E-state index contributed by atoms with van der Waals surface area (Å²) >= 11 is 0. The van der Waals surface area contributed by atoms with E-state index in [1.54, 1.807) is 0 Å². The van der Waals surface area contributed by atoms with Crippen LogP contribution in [0.25, 0.3) is 16.6 Å². The number of rotatable bonds is 5. The van der Waals surface area contributed by atoms with Gasteiger partial charge in [-0.05, 0) is 68.5 Å². The molecule has 1 aliphatic carbocycles. The second-order valence-corrected chi connectivity index (χ2v) is 10.3. The van der Waals surface area contributed by atoms with Gasteiger partial charge in [-0.3, -0.25) is 0 Å². The van der Waals surface area contributed by atoms with E-state index in [0.29, 0.717) is 13.2 Å². The van der Waals surface area contributed by atoms with Gasteiger partial charge in [0.15, 0.2) is 0 Å². The Morgan fingerprint density at radius 3 is 2.55 bits per heavy atom.